The standard InChI is InChI=1S/C43H37NO3/c1-2-22-46-42-28-41(39-16-8-14-35(27-39)37-20-18-31-10-4-6-12-33(31)25-37)43(47-23-21-44-45)29-40(42)38-15-7-13-34(26-38)36-19-17-30-9-3-5-11-32(30)24-36/h3,5-9,11-20,24-29H,2,4,10,21-23H2,1H3. The smallest absolute Gasteiger partial charge is 0.128 e. The highest BCUT2D eigenvalue weighted by Crippen LogP contribution is 2.43. The van der Waals surface area contributed by atoms with Gasteiger partial charge in [-0.1, -0.05) is 109 Å². The van der Waals surface area contributed by atoms with Crippen LogP contribution in [0.25, 0.3) is 61.4 Å². The Morgan fingerprint density at radius 1 is 0.596 bits per heavy atom. The van der Waals surface area contributed by atoms with E-state index in [0.717, 1.165) is 64.0 Å². The van der Waals surface area contributed by atoms with Gasteiger partial charge < -0.3 is 9.47 Å². The highest BCUT2D eigenvalue weighted by molar-refractivity contribution is 5.89. The van der Waals surface area contributed by atoms with Crippen molar-refractivity contribution >= 4 is 16.8 Å². The number of hydrogen-bond donors (Lipinski definition) is 0. The van der Waals surface area contributed by atoms with Crippen LogP contribution < -0.4 is 9.47 Å². The third kappa shape index (κ3) is 6.59. The van der Waals surface area contributed by atoms with Gasteiger partial charge in [0.15, 0.2) is 0 Å². The summed E-state index contributed by atoms with van der Waals surface area (Å²) in [5.41, 5.74) is 11.2. The third-order valence-corrected chi connectivity index (χ3v) is 8.77. The summed E-state index contributed by atoms with van der Waals surface area (Å²) in [6.07, 6.45) is 7.54. The maximum absolute atomic E-state index is 11.0. The van der Waals surface area contributed by atoms with E-state index in [0.29, 0.717) is 12.4 Å². The molecule has 0 spiro atoms. The van der Waals surface area contributed by atoms with Crippen LogP contribution in [0.4, 0.5) is 0 Å². The van der Waals surface area contributed by atoms with Crippen LogP contribution in [0.1, 0.15) is 30.9 Å². The molecule has 0 unspecified atom stereocenters. The normalized spacial score (nSPS) is 12.1. The van der Waals surface area contributed by atoms with Crippen molar-refractivity contribution in [3.8, 4) is 56.0 Å². The summed E-state index contributed by atoms with van der Waals surface area (Å²) < 4.78 is 12.7. The lowest BCUT2D eigenvalue weighted by molar-refractivity contribution is 0.314. The summed E-state index contributed by atoms with van der Waals surface area (Å²) in [4.78, 5) is 11.0. The Bertz CT molecular complexity index is 2090. The number of fused-ring (bicyclic) bond motifs is 2. The van der Waals surface area contributed by atoms with E-state index in [4.69, 9.17) is 9.47 Å². The molecule has 7 rings (SSSR count). The quantitative estimate of drug-likeness (QED) is 0.108. The lowest BCUT2D eigenvalue weighted by atomic mass is 9.91. The molecule has 0 N–H and O–H groups in total. The van der Waals surface area contributed by atoms with Gasteiger partial charge in [0, 0.05) is 11.1 Å². The molecule has 6 aromatic rings. The number of hydrogen-bond acceptors (Lipinski definition) is 4. The molecule has 0 aromatic heterocycles. The zero-order valence-electron chi connectivity index (χ0n) is 26.6. The van der Waals surface area contributed by atoms with Gasteiger partial charge >= 0.3 is 0 Å². The highest BCUT2D eigenvalue weighted by Gasteiger charge is 2.17. The largest absolute Gasteiger partial charge is 0.493 e. The van der Waals surface area contributed by atoms with Crippen molar-refractivity contribution in [1.82, 2.24) is 0 Å². The number of benzene rings is 6. The number of ether oxygens (including phenoxy) is 2. The second-order valence-electron chi connectivity index (χ2n) is 12.0. The molecule has 1 aliphatic rings. The van der Waals surface area contributed by atoms with Crippen LogP contribution in [0.3, 0.4) is 0 Å². The van der Waals surface area contributed by atoms with Gasteiger partial charge in [-0.05, 0) is 111 Å². The first kappa shape index (κ1) is 30.2. The SMILES string of the molecule is CCCOc1cc(-c2cccc(-c3ccc4c(c3)C=CCC4)c2)c(OCCN=O)cc1-c1cccc(-c2ccc3ccccc3c2)c1. The van der Waals surface area contributed by atoms with Gasteiger partial charge in [-0.2, -0.15) is 4.91 Å². The van der Waals surface area contributed by atoms with E-state index in [-0.39, 0.29) is 13.2 Å². The zero-order valence-corrected chi connectivity index (χ0v) is 26.6. The average Bonchev–Trinajstić information content (AvgIpc) is 3.14. The molecule has 0 bridgehead atoms. The third-order valence-electron chi connectivity index (χ3n) is 8.77. The predicted molar refractivity (Wildman–Crippen MR) is 195 cm³/mol. The molecule has 0 atom stereocenters. The molecule has 4 heteroatoms. The maximum atomic E-state index is 11.0. The minimum atomic E-state index is 0.0724. The van der Waals surface area contributed by atoms with Crippen molar-refractivity contribution in [2.45, 2.75) is 26.2 Å². The molecule has 0 radical (unpaired) electrons. The van der Waals surface area contributed by atoms with E-state index in [9.17, 15) is 4.91 Å². The van der Waals surface area contributed by atoms with E-state index in [1.807, 2.05) is 0 Å². The fourth-order valence-corrected chi connectivity index (χ4v) is 6.36. The molecule has 0 fully saturated rings. The molecule has 0 aliphatic heterocycles. The van der Waals surface area contributed by atoms with Crippen molar-refractivity contribution in [3.05, 3.63) is 143 Å². The van der Waals surface area contributed by atoms with Crippen LogP contribution >= 0.6 is 0 Å². The first-order valence-corrected chi connectivity index (χ1v) is 16.4. The van der Waals surface area contributed by atoms with E-state index >= 15 is 0 Å². The van der Waals surface area contributed by atoms with Crippen LogP contribution in [0.2, 0.25) is 0 Å². The topological polar surface area (TPSA) is 47.9 Å². The summed E-state index contributed by atoms with van der Waals surface area (Å²) in [6, 6.07) is 43.0. The van der Waals surface area contributed by atoms with Crippen LogP contribution in [-0.2, 0) is 6.42 Å². The summed E-state index contributed by atoms with van der Waals surface area (Å²) >= 11 is 0. The second-order valence-corrected chi connectivity index (χ2v) is 12.0. The molecule has 1 aliphatic carbocycles. The Morgan fingerprint density at radius 2 is 1.21 bits per heavy atom. The van der Waals surface area contributed by atoms with Gasteiger partial charge in [0.1, 0.15) is 24.7 Å². The summed E-state index contributed by atoms with van der Waals surface area (Å²) in [5.74, 6) is 1.48. The Kier molecular flexibility index (Phi) is 8.92. The maximum Gasteiger partial charge on any atom is 0.128 e. The number of rotatable bonds is 11. The van der Waals surface area contributed by atoms with Gasteiger partial charge in [0.05, 0.1) is 6.61 Å². The molecule has 0 saturated carbocycles. The zero-order chi connectivity index (χ0) is 32.0. The van der Waals surface area contributed by atoms with Crippen molar-refractivity contribution in [3.63, 3.8) is 0 Å². The monoisotopic (exact) mass is 615 g/mol. The summed E-state index contributed by atoms with van der Waals surface area (Å²) in [6.45, 7) is 2.97. The van der Waals surface area contributed by atoms with Gasteiger partial charge in [-0.25, -0.2) is 0 Å². The lowest BCUT2D eigenvalue weighted by Crippen LogP contribution is -2.04. The van der Waals surface area contributed by atoms with Crippen LogP contribution in [0.15, 0.2) is 133 Å². The number of nitrogens with zero attached hydrogens (tertiary/aromatic N) is 1. The molecule has 0 heterocycles. The molecule has 6 aromatic carbocycles. The van der Waals surface area contributed by atoms with Crippen molar-refractivity contribution in [2.75, 3.05) is 19.8 Å². The van der Waals surface area contributed by atoms with Crippen molar-refractivity contribution < 1.29 is 9.47 Å². The molecule has 0 amide bonds. The van der Waals surface area contributed by atoms with Gasteiger partial charge in [0.2, 0.25) is 0 Å². The molecule has 47 heavy (non-hydrogen) atoms. The first-order valence-electron chi connectivity index (χ1n) is 16.4. The van der Waals surface area contributed by atoms with E-state index in [1.54, 1.807) is 0 Å². The van der Waals surface area contributed by atoms with Crippen molar-refractivity contribution in [1.29, 1.82) is 0 Å². The lowest BCUT2D eigenvalue weighted by Gasteiger charge is -2.19. The average molecular weight is 616 g/mol. The molecule has 232 valence electrons. The Hall–Kier alpha value is -5.48. The van der Waals surface area contributed by atoms with Crippen LogP contribution in [-0.4, -0.2) is 19.8 Å². The van der Waals surface area contributed by atoms with E-state index in [2.05, 4.69) is 146 Å². The van der Waals surface area contributed by atoms with Gasteiger partial charge in [0.25, 0.3) is 0 Å². The number of aryl methyl sites for hydroxylation is 1. The van der Waals surface area contributed by atoms with Gasteiger partial charge in [-0.15, -0.1) is 0 Å². The van der Waals surface area contributed by atoms with Crippen LogP contribution in [0.5, 0.6) is 11.5 Å². The number of allylic oxidation sites excluding steroid dienone is 1. The minimum absolute atomic E-state index is 0.0724. The Morgan fingerprint density at radius 3 is 1.91 bits per heavy atom. The highest BCUT2D eigenvalue weighted by atomic mass is 16.5. The fraction of sp³-hybridized carbons (Fsp3) is 0.163. The fourth-order valence-electron chi connectivity index (χ4n) is 6.36. The second kappa shape index (κ2) is 13.9. The first-order chi connectivity index (χ1) is 23.2. The van der Waals surface area contributed by atoms with Crippen molar-refractivity contribution in [2.24, 2.45) is 5.18 Å². The summed E-state index contributed by atoms with van der Waals surface area (Å²) in [5, 5.41) is 5.47. The molecule has 0 saturated heterocycles. The Balaban J connectivity index is 1.32. The number of nitroso groups, excluding NO2 is 1. The van der Waals surface area contributed by atoms with E-state index in [1.165, 1.54) is 27.5 Å². The molecular formula is C43H37NO3. The molecule has 4 nitrogen and oxygen atoms in total. The Labute approximate surface area is 276 Å². The summed E-state index contributed by atoms with van der Waals surface area (Å²) in [7, 11) is 0. The minimum Gasteiger partial charge on any atom is -0.493 e. The molecular weight excluding hydrogens is 578 g/mol. The van der Waals surface area contributed by atoms with Crippen LogP contribution in [0, 0.1) is 4.91 Å². The van der Waals surface area contributed by atoms with E-state index < -0.39 is 0 Å². The van der Waals surface area contributed by atoms with Gasteiger partial charge in [-0.3, -0.25) is 0 Å². The predicted octanol–water partition coefficient (Wildman–Crippen LogP) is 11.4.